The Morgan fingerprint density at radius 2 is 1.88 bits per heavy atom. The summed E-state index contributed by atoms with van der Waals surface area (Å²) in [6.45, 7) is 4.45. The van der Waals surface area contributed by atoms with Crippen LogP contribution < -0.4 is 4.90 Å². The Kier molecular flexibility index (Phi) is 5.35. The molecule has 0 aliphatic carbocycles. The Bertz CT molecular complexity index is 704. The molecular weight excluding hydrogens is 312 g/mol. The second-order valence-corrected chi connectivity index (χ2v) is 7.36. The van der Waals surface area contributed by atoms with Crippen molar-refractivity contribution in [2.24, 2.45) is 0 Å². The lowest BCUT2D eigenvalue weighted by Gasteiger charge is -2.30. The van der Waals surface area contributed by atoms with Gasteiger partial charge in [0.15, 0.2) is 5.82 Å². The standard InChI is InChI=1S/C20H28N4O/c1-16-14-18(22-19(21-16)17-8-5-4-6-9-17)24-12-7-10-20(25,11-13-24)15-23(2)3/h4-6,8-9,14,25H,7,10-13,15H2,1-3H3/t20-/m1/s1. The number of rotatable bonds is 4. The minimum absolute atomic E-state index is 0.609. The highest BCUT2D eigenvalue weighted by molar-refractivity contribution is 5.57. The monoisotopic (exact) mass is 340 g/mol. The van der Waals surface area contributed by atoms with Crippen molar-refractivity contribution >= 4 is 5.82 Å². The highest BCUT2D eigenvalue weighted by Gasteiger charge is 2.31. The summed E-state index contributed by atoms with van der Waals surface area (Å²) in [5.41, 5.74) is 1.39. The fourth-order valence-electron chi connectivity index (χ4n) is 3.58. The molecule has 1 fully saturated rings. The Morgan fingerprint density at radius 1 is 1.12 bits per heavy atom. The van der Waals surface area contributed by atoms with Crippen molar-refractivity contribution in [3.8, 4) is 11.4 Å². The van der Waals surface area contributed by atoms with Gasteiger partial charge in [0, 0.05) is 37.0 Å². The predicted molar refractivity (Wildman–Crippen MR) is 102 cm³/mol. The first kappa shape index (κ1) is 17.8. The Labute approximate surface area is 150 Å². The molecule has 0 radical (unpaired) electrons. The van der Waals surface area contributed by atoms with Gasteiger partial charge in [-0.25, -0.2) is 9.97 Å². The highest BCUT2D eigenvalue weighted by Crippen LogP contribution is 2.27. The molecule has 5 nitrogen and oxygen atoms in total. The zero-order valence-corrected chi connectivity index (χ0v) is 15.4. The smallest absolute Gasteiger partial charge is 0.161 e. The number of aliphatic hydroxyl groups is 1. The third-order valence-corrected chi connectivity index (χ3v) is 4.72. The van der Waals surface area contributed by atoms with Gasteiger partial charge in [0.1, 0.15) is 5.82 Å². The number of likely N-dealkylation sites (N-methyl/N-ethyl adjacent to an activating group) is 1. The van der Waals surface area contributed by atoms with Crippen molar-refractivity contribution in [1.29, 1.82) is 0 Å². The molecular formula is C20H28N4O. The van der Waals surface area contributed by atoms with E-state index in [-0.39, 0.29) is 0 Å². The number of hydrogen-bond acceptors (Lipinski definition) is 5. The average molecular weight is 340 g/mol. The molecule has 2 heterocycles. The maximum atomic E-state index is 10.9. The minimum Gasteiger partial charge on any atom is -0.388 e. The van der Waals surface area contributed by atoms with Crippen LogP contribution in [-0.2, 0) is 0 Å². The van der Waals surface area contributed by atoms with E-state index in [0.29, 0.717) is 6.54 Å². The second-order valence-electron chi connectivity index (χ2n) is 7.36. The number of hydrogen-bond donors (Lipinski definition) is 1. The van der Waals surface area contributed by atoms with E-state index in [0.717, 1.165) is 55.3 Å². The quantitative estimate of drug-likeness (QED) is 0.927. The van der Waals surface area contributed by atoms with Gasteiger partial charge >= 0.3 is 0 Å². The van der Waals surface area contributed by atoms with Crippen LogP contribution in [-0.4, -0.2) is 59.3 Å². The summed E-state index contributed by atoms with van der Waals surface area (Å²) >= 11 is 0. The van der Waals surface area contributed by atoms with Crippen molar-refractivity contribution in [1.82, 2.24) is 14.9 Å². The lowest BCUT2D eigenvalue weighted by molar-refractivity contribution is 0.00537. The fourth-order valence-corrected chi connectivity index (χ4v) is 3.58. The van der Waals surface area contributed by atoms with E-state index in [9.17, 15) is 5.11 Å². The van der Waals surface area contributed by atoms with Crippen LogP contribution in [0.1, 0.15) is 25.0 Å². The lowest BCUT2D eigenvalue weighted by atomic mass is 9.94. The topological polar surface area (TPSA) is 52.5 Å². The minimum atomic E-state index is -0.609. The van der Waals surface area contributed by atoms with E-state index >= 15 is 0 Å². The highest BCUT2D eigenvalue weighted by atomic mass is 16.3. The molecule has 1 aliphatic heterocycles. The van der Waals surface area contributed by atoms with E-state index in [2.05, 4.69) is 14.8 Å². The van der Waals surface area contributed by atoms with Crippen molar-refractivity contribution < 1.29 is 5.11 Å². The van der Waals surface area contributed by atoms with Gasteiger partial charge in [-0.2, -0.15) is 0 Å². The number of aryl methyl sites for hydroxylation is 1. The lowest BCUT2D eigenvalue weighted by Crippen LogP contribution is -2.41. The molecule has 2 aromatic rings. The molecule has 1 aromatic carbocycles. The molecule has 1 aliphatic rings. The normalized spacial score (nSPS) is 21.4. The van der Waals surface area contributed by atoms with Crippen LogP contribution in [0.25, 0.3) is 11.4 Å². The molecule has 25 heavy (non-hydrogen) atoms. The molecule has 0 amide bonds. The van der Waals surface area contributed by atoms with Gasteiger partial charge < -0.3 is 14.9 Å². The average Bonchev–Trinajstić information content (AvgIpc) is 2.76. The van der Waals surface area contributed by atoms with Gasteiger partial charge in [-0.05, 0) is 40.3 Å². The number of anilines is 1. The van der Waals surface area contributed by atoms with Gasteiger partial charge in [0.05, 0.1) is 5.60 Å². The summed E-state index contributed by atoms with van der Waals surface area (Å²) < 4.78 is 0. The summed E-state index contributed by atoms with van der Waals surface area (Å²) in [5, 5.41) is 10.9. The Balaban J connectivity index is 1.81. The van der Waals surface area contributed by atoms with Crippen molar-refractivity contribution in [3.05, 3.63) is 42.1 Å². The van der Waals surface area contributed by atoms with E-state index < -0.39 is 5.60 Å². The van der Waals surface area contributed by atoms with Crippen LogP contribution in [0, 0.1) is 6.92 Å². The van der Waals surface area contributed by atoms with E-state index in [1.165, 1.54) is 0 Å². The molecule has 0 bridgehead atoms. The van der Waals surface area contributed by atoms with Crippen LogP contribution in [0.4, 0.5) is 5.82 Å². The van der Waals surface area contributed by atoms with Crippen molar-refractivity contribution in [2.75, 3.05) is 38.6 Å². The van der Waals surface area contributed by atoms with Crippen LogP contribution >= 0.6 is 0 Å². The zero-order chi connectivity index (χ0) is 17.9. The van der Waals surface area contributed by atoms with E-state index in [1.807, 2.05) is 57.4 Å². The van der Waals surface area contributed by atoms with Crippen LogP contribution in [0.5, 0.6) is 0 Å². The first-order valence-corrected chi connectivity index (χ1v) is 8.98. The van der Waals surface area contributed by atoms with Crippen LogP contribution in [0.3, 0.4) is 0 Å². The molecule has 1 saturated heterocycles. The molecule has 134 valence electrons. The SMILES string of the molecule is Cc1cc(N2CCC[C@](O)(CN(C)C)CC2)nc(-c2ccccc2)n1. The molecule has 0 spiro atoms. The second kappa shape index (κ2) is 7.50. The maximum Gasteiger partial charge on any atom is 0.161 e. The molecule has 0 unspecified atom stereocenters. The third-order valence-electron chi connectivity index (χ3n) is 4.72. The van der Waals surface area contributed by atoms with Gasteiger partial charge in [-0.3, -0.25) is 0 Å². The molecule has 1 N–H and O–H groups in total. The zero-order valence-electron chi connectivity index (χ0n) is 15.4. The maximum absolute atomic E-state index is 10.9. The molecule has 1 aromatic heterocycles. The van der Waals surface area contributed by atoms with Crippen molar-refractivity contribution in [2.45, 2.75) is 31.8 Å². The number of benzene rings is 1. The Morgan fingerprint density at radius 3 is 2.60 bits per heavy atom. The predicted octanol–water partition coefficient (Wildman–Crippen LogP) is 2.74. The van der Waals surface area contributed by atoms with Crippen molar-refractivity contribution in [3.63, 3.8) is 0 Å². The van der Waals surface area contributed by atoms with Gasteiger partial charge in [-0.1, -0.05) is 30.3 Å². The van der Waals surface area contributed by atoms with E-state index in [1.54, 1.807) is 0 Å². The van der Waals surface area contributed by atoms with Gasteiger partial charge in [0.2, 0.25) is 0 Å². The van der Waals surface area contributed by atoms with Crippen LogP contribution in [0.15, 0.2) is 36.4 Å². The summed E-state index contributed by atoms with van der Waals surface area (Å²) in [6, 6.07) is 12.1. The van der Waals surface area contributed by atoms with Gasteiger partial charge in [0.25, 0.3) is 0 Å². The van der Waals surface area contributed by atoms with E-state index in [4.69, 9.17) is 4.98 Å². The Hall–Kier alpha value is -1.98. The number of nitrogens with zero attached hydrogens (tertiary/aromatic N) is 4. The summed E-state index contributed by atoms with van der Waals surface area (Å²) in [5.74, 6) is 1.73. The summed E-state index contributed by atoms with van der Waals surface area (Å²) in [7, 11) is 4.03. The first-order chi connectivity index (χ1) is 12.0. The summed E-state index contributed by atoms with van der Waals surface area (Å²) in [6.07, 6.45) is 2.56. The first-order valence-electron chi connectivity index (χ1n) is 8.98. The molecule has 0 saturated carbocycles. The number of aromatic nitrogens is 2. The van der Waals surface area contributed by atoms with Crippen LogP contribution in [0.2, 0.25) is 0 Å². The summed E-state index contributed by atoms with van der Waals surface area (Å²) in [4.78, 5) is 13.8. The largest absolute Gasteiger partial charge is 0.388 e. The molecule has 3 rings (SSSR count). The third kappa shape index (κ3) is 4.55. The van der Waals surface area contributed by atoms with Gasteiger partial charge in [-0.15, -0.1) is 0 Å². The molecule has 5 heteroatoms. The molecule has 1 atom stereocenters. The fraction of sp³-hybridized carbons (Fsp3) is 0.500.